The fourth-order valence-corrected chi connectivity index (χ4v) is 4.07. The van der Waals surface area contributed by atoms with Gasteiger partial charge in [0.1, 0.15) is 12.3 Å². The third kappa shape index (κ3) is 4.46. The van der Waals surface area contributed by atoms with Crippen LogP contribution in [0.1, 0.15) is 18.1 Å². The number of carbonyl (C=O) groups excluding carboxylic acids is 2. The Morgan fingerprint density at radius 2 is 1.89 bits per heavy atom. The molecule has 5 nitrogen and oxygen atoms in total. The van der Waals surface area contributed by atoms with Crippen LogP contribution < -0.4 is 10.1 Å². The number of halogens is 4. The van der Waals surface area contributed by atoms with Crippen LogP contribution in [-0.2, 0) is 11.4 Å². The van der Waals surface area contributed by atoms with Crippen molar-refractivity contribution in [2.24, 2.45) is 0 Å². The molecule has 1 aliphatic rings. The first kappa shape index (κ1) is 21.0. The minimum absolute atomic E-state index is 0.191. The summed E-state index contributed by atoms with van der Waals surface area (Å²) in [5.74, 6) is 0.0595. The number of nitrogens with zero attached hydrogens (tertiary/aromatic N) is 1. The first-order chi connectivity index (χ1) is 13.3. The van der Waals surface area contributed by atoms with E-state index in [2.05, 4.69) is 21.2 Å². The summed E-state index contributed by atoms with van der Waals surface area (Å²) >= 11 is 21.8. The topological polar surface area (TPSA) is 58.6 Å². The van der Waals surface area contributed by atoms with Gasteiger partial charge < -0.3 is 10.1 Å². The molecular formula is C19H14BrCl3N2O3. The number of hydrogen-bond acceptors (Lipinski definition) is 3. The summed E-state index contributed by atoms with van der Waals surface area (Å²) in [7, 11) is 0. The molecular weight excluding hydrogens is 490 g/mol. The monoisotopic (exact) mass is 502 g/mol. The highest BCUT2D eigenvalue weighted by atomic mass is 79.9. The van der Waals surface area contributed by atoms with Crippen molar-refractivity contribution in [3.63, 3.8) is 0 Å². The number of imide groups is 1. The fraction of sp³-hybridized carbons (Fsp3) is 0.158. The standard InChI is InChI=1S/C19H14BrCl3N2O3/c1-2-25-18(26)16(24-19(25)27)7-10-5-13(20)17(15(23)6-10)28-9-11-3-4-12(21)8-14(11)22/h3-8H,2,9H2,1H3,(H,24,27)/b16-7+. The van der Waals surface area contributed by atoms with Crippen LogP contribution in [0.15, 0.2) is 40.5 Å². The van der Waals surface area contributed by atoms with Crippen molar-refractivity contribution in [2.75, 3.05) is 6.54 Å². The van der Waals surface area contributed by atoms with Crippen molar-refractivity contribution in [1.29, 1.82) is 0 Å². The Balaban J connectivity index is 1.80. The lowest BCUT2D eigenvalue weighted by molar-refractivity contribution is -0.122. The Morgan fingerprint density at radius 1 is 1.14 bits per heavy atom. The lowest BCUT2D eigenvalue weighted by atomic mass is 10.1. The molecule has 0 aliphatic carbocycles. The zero-order chi connectivity index (χ0) is 20.4. The molecule has 3 amide bonds. The largest absolute Gasteiger partial charge is 0.486 e. The first-order valence-electron chi connectivity index (χ1n) is 8.20. The van der Waals surface area contributed by atoms with E-state index >= 15 is 0 Å². The Morgan fingerprint density at radius 3 is 2.50 bits per heavy atom. The van der Waals surface area contributed by atoms with Crippen molar-refractivity contribution >= 4 is 68.7 Å². The van der Waals surface area contributed by atoms with E-state index in [1.165, 1.54) is 0 Å². The summed E-state index contributed by atoms with van der Waals surface area (Å²) in [5, 5.41) is 3.93. The Kier molecular flexibility index (Phi) is 6.55. The maximum atomic E-state index is 12.2. The van der Waals surface area contributed by atoms with E-state index in [1.54, 1.807) is 43.3 Å². The molecule has 0 spiro atoms. The molecule has 1 fully saturated rings. The molecule has 3 rings (SSSR count). The molecule has 1 saturated heterocycles. The van der Waals surface area contributed by atoms with E-state index in [1.807, 2.05) is 0 Å². The van der Waals surface area contributed by atoms with Crippen molar-refractivity contribution in [3.05, 3.63) is 66.7 Å². The number of amides is 3. The van der Waals surface area contributed by atoms with E-state index in [0.29, 0.717) is 37.4 Å². The maximum absolute atomic E-state index is 12.2. The molecule has 1 N–H and O–H groups in total. The van der Waals surface area contributed by atoms with Gasteiger partial charge in [0.25, 0.3) is 5.91 Å². The molecule has 0 unspecified atom stereocenters. The van der Waals surface area contributed by atoms with Gasteiger partial charge in [-0.25, -0.2) is 4.79 Å². The smallest absolute Gasteiger partial charge is 0.328 e. The first-order valence-corrected chi connectivity index (χ1v) is 10.1. The highest BCUT2D eigenvalue weighted by Crippen LogP contribution is 2.36. The third-order valence-corrected chi connectivity index (χ3v) is 5.45. The van der Waals surface area contributed by atoms with Crippen LogP contribution in [0, 0.1) is 0 Å². The summed E-state index contributed by atoms with van der Waals surface area (Å²) in [6.45, 7) is 2.23. The summed E-state index contributed by atoms with van der Waals surface area (Å²) in [4.78, 5) is 25.1. The van der Waals surface area contributed by atoms with Crippen LogP contribution in [0.5, 0.6) is 5.75 Å². The van der Waals surface area contributed by atoms with Crippen molar-refractivity contribution in [2.45, 2.75) is 13.5 Å². The second-order valence-electron chi connectivity index (χ2n) is 5.88. The van der Waals surface area contributed by atoms with E-state index in [0.717, 1.165) is 10.5 Å². The van der Waals surface area contributed by atoms with Gasteiger partial charge in [-0.05, 0) is 58.8 Å². The summed E-state index contributed by atoms with van der Waals surface area (Å²) < 4.78 is 6.40. The predicted molar refractivity (Wildman–Crippen MR) is 114 cm³/mol. The molecule has 1 aliphatic heterocycles. The number of carbonyl (C=O) groups is 2. The second-order valence-corrected chi connectivity index (χ2v) is 7.98. The van der Waals surface area contributed by atoms with Crippen LogP contribution in [0.3, 0.4) is 0 Å². The van der Waals surface area contributed by atoms with Crippen LogP contribution in [0.2, 0.25) is 15.1 Å². The van der Waals surface area contributed by atoms with Gasteiger partial charge in [-0.1, -0.05) is 40.9 Å². The molecule has 146 valence electrons. The minimum Gasteiger partial charge on any atom is -0.486 e. The van der Waals surface area contributed by atoms with Gasteiger partial charge >= 0.3 is 6.03 Å². The van der Waals surface area contributed by atoms with Gasteiger partial charge in [0.05, 0.1) is 9.50 Å². The van der Waals surface area contributed by atoms with Crippen LogP contribution in [0.25, 0.3) is 6.08 Å². The lowest BCUT2D eigenvalue weighted by Gasteiger charge is -2.12. The molecule has 2 aromatic carbocycles. The van der Waals surface area contributed by atoms with E-state index < -0.39 is 6.03 Å². The van der Waals surface area contributed by atoms with Gasteiger partial charge in [0.15, 0.2) is 5.75 Å². The minimum atomic E-state index is -0.441. The SMILES string of the molecule is CCN1C(=O)N/C(=C/c2cc(Cl)c(OCc3ccc(Cl)cc3Cl)c(Br)c2)C1=O. The molecule has 0 bridgehead atoms. The van der Waals surface area contributed by atoms with E-state index in [9.17, 15) is 9.59 Å². The Bertz CT molecular complexity index is 971. The fourth-order valence-electron chi connectivity index (χ4n) is 2.61. The highest BCUT2D eigenvalue weighted by molar-refractivity contribution is 9.10. The molecule has 0 radical (unpaired) electrons. The second kappa shape index (κ2) is 8.74. The summed E-state index contributed by atoms with van der Waals surface area (Å²) in [5.41, 5.74) is 1.59. The van der Waals surface area contributed by atoms with Crippen molar-refractivity contribution in [3.8, 4) is 5.75 Å². The average molecular weight is 505 g/mol. The Hall–Kier alpha value is -1.73. The van der Waals surface area contributed by atoms with Crippen molar-refractivity contribution < 1.29 is 14.3 Å². The lowest BCUT2D eigenvalue weighted by Crippen LogP contribution is -2.30. The molecule has 0 saturated carbocycles. The van der Waals surface area contributed by atoms with Crippen LogP contribution in [0.4, 0.5) is 4.79 Å². The zero-order valence-electron chi connectivity index (χ0n) is 14.6. The van der Waals surface area contributed by atoms with Gasteiger partial charge in [-0.3, -0.25) is 9.69 Å². The van der Waals surface area contributed by atoms with E-state index in [-0.39, 0.29) is 18.2 Å². The number of nitrogens with one attached hydrogen (secondary N) is 1. The summed E-state index contributed by atoms with van der Waals surface area (Å²) in [6, 6.07) is 8.09. The molecule has 28 heavy (non-hydrogen) atoms. The van der Waals surface area contributed by atoms with Crippen LogP contribution in [-0.4, -0.2) is 23.4 Å². The molecule has 2 aromatic rings. The number of hydrogen-bond donors (Lipinski definition) is 1. The average Bonchev–Trinajstić information content (AvgIpc) is 2.88. The molecule has 1 heterocycles. The number of urea groups is 1. The molecule has 0 aromatic heterocycles. The molecule has 0 atom stereocenters. The van der Waals surface area contributed by atoms with Gasteiger partial charge in [-0.15, -0.1) is 0 Å². The normalized spacial score (nSPS) is 15.3. The number of benzene rings is 2. The molecule has 9 heteroatoms. The predicted octanol–water partition coefficient (Wildman–Crippen LogP) is 5.90. The number of ether oxygens (including phenoxy) is 1. The van der Waals surface area contributed by atoms with Gasteiger partial charge in [-0.2, -0.15) is 0 Å². The van der Waals surface area contributed by atoms with E-state index in [4.69, 9.17) is 39.5 Å². The van der Waals surface area contributed by atoms with Crippen molar-refractivity contribution in [1.82, 2.24) is 10.2 Å². The maximum Gasteiger partial charge on any atom is 0.328 e. The number of likely N-dealkylation sites (N-methyl/N-ethyl adjacent to an activating group) is 1. The van der Waals surface area contributed by atoms with Gasteiger partial charge in [0.2, 0.25) is 0 Å². The Labute approximate surface area is 185 Å². The quantitative estimate of drug-likeness (QED) is 0.407. The van der Waals surface area contributed by atoms with Crippen LogP contribution >= 0.6 is 50.7 Å². The summed E-state index contributed by atoms with van der Waals surface area (Å²) in [6.07, 6.45) is 1.56. The third-order valence-electron chi connectivity index (χ3n) is 4.00. The number of rotatable bonds is 5. The highest BCUT2D eigenvalue weighted by Gasteiger charge is 2.32. The van der Waals surface area contributed by atoms with Gasteiger partial charge in [0, 0.05) is 22.2 Å². The zero-order valence-corrected chi connectivity index (χ0v) is 18.4.